The van der Waals surface area contributed by atoms with E-state index in [0.29, 0.717) is 0 Å². The molecule has 0 unspecified atom stereocenters. The lowest BCUT2D eigenvalue weighted by Gasteiger charge is -2.34. The molecule has 0 saturated carbocycles. The summed E-state index contributed by atoms with van der Waals surface area (Å²) in [5.74, 6) is 0.883. The highest BCUT2D eigenvalue weighted by Gasteiger charge is 2.43. The zero-order chi connectivity index (χ0) is 15.9. The van der Waals surface area contributed by atoms with Gasteiger partial charge in [-0.1, -0.05) is 6.07 Å². The van der Waals surface area contributed by atoms with Crippen LogP contribution in [0.4, 0.5) is 8.78 Å². The summed E-state index contributed by atoms with van der Waals surface area (Å²) in [6, 6.07) is 8.47. The zero-order valence-corrected chi connectivity index (χ0v) is 13.5. The number of ether oxygens (including phenoxy) is 2. The first-order valence-corrected chi connectivity index (χ1v) is 7.50. The number of nitrogens with one attached hydrogen (secondary N) is 1. The maximum absolute atomic E-state index is 13.2. The summed E-state index contributed by atoms with van der Waals surface area (Å²) >= 11 is 0. The lowest BCUT2D eigenvalue weighted by atomic mass is 10.0. The number of benzene rings is 1. The molecule has 1 atom stereocenters. The van der Waals surface area contributed by atoms with Crippen molar-refractivity contribution in [3.05, 3.63) is 47.9 Å². The predicted molar refractivity (Wildman–Crippen MR) is 84.9 cm³/mol. The van der Waals surface area contributed by atoms with Crippen molar-refractivity contribution in [2.75, 3.05) is 26.2 Å². The average Bonchev–Trinajstić information content (AvgIpc) is 3.14. The molecule has 5 nitrogen and oxygen atoms in total. The fraction of sp³-hybridized carbons (Fsp3) is 0.375. The second kappa shape index (κ2) is 6.58. The number of hydrogen-bond acceptors (Lipinski definition) is 5. The summed E-state index contributed by atoms with van der Waals surface area (Å²) < 4.78 is 41.0. The van der Waals surface area contributed by atoms with Gasteiger partial charge in [0.25, 0.3) is 0 Å². The van der Waals surface area contributed by atoms with E-state index in [1.165, 1.54) is 6.07 Å². The summed E-state index contributed by atoms with van der Waals surface area (Å²) in [4.78, 5) is 2.25. The van der Waals surface area contributed by atoms with E-state index in [2.05, 4.69) is 19.7 Å². The molecule has 0 amide bonds. The molecule has 1 aromatic carbocycles. The van der Waals surface area contributed by atoms with Crippen LogP contribution in [0.3, 0.4) is 0 Å². The van der Waals surface area contributed by atoms with Crippen LogP contribution in [0.25, 0.3) is 0 Å². The van der Waals surface area contributed by atoms with Crippen LogP contribution in [0, 0.1) is 0 Å². The Morgan fingerprint density at radius 1 is 1.08 bits per heavy atom. The Balaban J connectivity index is 0.00000169. The molecular formula is C16H17ClF2N2O3. The molecule has 8 heteroatoms. The van der Waals surface area contributed by atoms with Gasteiger partial charge in [0.2, 0.25) is 0 Å². The largest absolute Gasteiger partial charge is 0.586 e. The number of halogens is 3. The zero-order valence-electron chi connectivity index (χ0n) is 12.7. The molecule has 130 valence electrons. The van der Waals surface area contributed by atoms with Gasteiger partial charge in [-0.25, -0.2) is 0 Å². The Morgan fingerprint density at radius 3 is 2.54 bits per heavy atom. The maximum Gasteiger partial charge on any atom is 0.586 e. The van der Waals surface area contributed by atoms with Gasteiger partial charge >= 0.3 is 6.29 Å². The summed E-state index contributed by atoms with van der Waals surface area (Å²) in [5, 5.41) is 3.30. The highest BCUT2D eigenvalue weighted by atomic mass is 35.5. The minimum absolute atomic E-state index is 0. The second-order valence-electron chi connectivity index (χ2n) is 5.58. The maximum atomic E-state index is 13.2. The molecule has 2 aliphatic heterocycles. The van der Waals surface area contributed by atoms with Gasteiger partial charge in [-0.15, -0.1) is 21.2 Å². The Morgan fingerprint density at radius 2 is 1.83 bits per heavy atom. The third kappa shape index (κ3) is 3.19. The molecule has 1 fully saturated rings. The van der Waals surface area contributed by atoms with Gasteiger partial charge in [-0.05, 0) is 29.8 Å². The topological polar surface area (TPSA) is 46.9 Å². The smallest absolute Gasteiger partial charge is 0.467 e. The molecule has 1 N–H and O–H groups in total. The minimum Gasteiger partial charge on any atom is -0.467 e. The van der Waals surface area contributed by atoms with E-state index in [1.807, 2.05) is 12.1 Å². The van der Waals surface area contributed by atoms with Gasteiger partial charge in [-0.3, -0.25) is 4.90 Å². The molecule has 2 aromatic rings. The molecular weight excluding hydrogens is 342 g/mol. The van der Waals surface area contributed by atoms with Crippen molar-refractivity contribution in [2.24, 2.45) is 0 Å². The quantitative estimate of drug-likeness (QED) is 0.914. The highest BCUT2D eigenvalue weighted by Crippen LogP contribution is 2.43. The van der Waals surface area contributed by atoms with Crippen molar-refractivity contribution in [1.29, 1.82) is 0 Å². The Bertz CT molecular complexity index is 691. The van der Waals surface area contributed by atoms with Gasteiger partial charge in [0.15, 0.2) is 11.5 Å². The number of hydrogen-bond donors (Lipinski definition) is 1. The van der Waals surface area contributed by atoms with Gasteiger partial charge in [0, 0.05) is 26.2 Å². The molecule has 1 aromatic heterocycles. The van der Waals surface area contributed by atoms with Crippen LogP contribution in [0.15, 0.2) is 41.0 Å². The standard InChI is InChI=1S/C16H16F2N2O3.ClH/c17-16(18)22-12-4-3-11(10-14(12)23-16)15(13-2-1-9-21-13)20-7-5-19-6-8-20;/h1-4,9-10,15,19H,5-8H2;1H/t15-;/m0./s1. The third-order valence-electron chi connectivity index (χ3n) is 4.07. The van der Waals surface area contributed by atoms with E-state index in [4.69, 9.17) is 4.42 Å². The molecule has 0 aliphatic carbocycles. The van der Waals surface area contributed by atoms with E-state index in [-0.39, 0.29) is 29.9 Å². The Labute approximate surface area is 143 Å². The number of fused-ring (bicyclic) bond motifs is 1. The van der Waals surface area contributed by atoms with Gasteiger partial charge < -0.3 is 19.2 Å². The van der Waals surface area contributed by atoms with Crippen molar-refractivity contribution in [2.45, 2.75) is 12.3 Å². The van der Waals surface area contributed by atoms with Crippen LogP contribution in [0.2, 0.25) is 0 Å². The molecule has 1 saturated heterocycles. The Hall–Kier alpha value is -1.83. The van der Waals surface area contributed by atoms with Gasteiger partial charge in [-0.2, -0.15) is 0 Å². The monoisotopic (exact) mass is 358 g/mol. The van der Waals surface area contributed by atoms with Gasteiger partial charge in [0.05, 0.1) is 12.3 Å². The number of nitrogens with zero attached hydrogens (tertiary/aromatic N) is 1. The molecule has 0 bridgehead atoms. The van der Waals surface area contributed by atoms with Crippen LogP contribution in [0.5, 0.6) is 11.5 Å². The first kappa shape index (κ1) is 17.0. The van der Waals surface area contributed by atoms with Gasteiger partial charge in [0.1, 0.15) is 5.76 Å². The summed E-state index contributed by atoms with van der Waals surface area (Å²) in [7, 11) is 0. The molecule has 2 aliphatic rings. The lowest BCUT2D eigenvalue weighted by molar-refractivity contribution is -0.286. The van der Waals surface area contributed by atoms with E-state index >= 15 is 0 Å². The summed E-state index contributed by atoms with van der Waals surface area (Å²) in [5.41, 5.74) is 0.835. The van der Waals surface area contributed by atoms with Crippen LogP contribution in [-0.4, -0.2) is 37.4 Å². The summed E-state index contributed by atoms with van der Waals surface area (Å²) in [6.07, 6.45) is -1.98. The van der Waals surface area contributed by atoms with Crippen LogP contribution in [0.1, 0.15) is 17.4 Å². The SMILES string of the molecule is Cl.FC1(F)Oc2ccc([C@@H](c3ccco3)N3CCNCC3)cc2O1. The fourth-order valence-corrected chi connectivity index (χ4v) is 3.08. The van der Waals surface area contributed by atoms with E-state index in [0.717, 1.165) is 37.5 Å². The second-order valence-corrected chi connectivity index (χ2v) is 5.58. The molecule has 0 radical (unpaired) electrons. The normalized spacial score (nSPS) is 20.4. The van der Waals surface area contributed by atoms with E-state index in [9.17, 15) is 8.78 Å². The Kier molecular flexibility index (Phi) is 4.67. The molecule has 24 heavy (non-hydrogen) atoms. The number of furan rings is 1. The first-order valence-electron chi connectivity index (χ1n) is 7.50. The minimum atomic E-state index is -3.60. The average molecular weight is 359 g/mol. The van der Waals surface area contributed by atoms with Crippen molar-refractivity contribution >= 4 is 12.4 Å². The number of piperazine rings is 1. The number of alkyl halides is 2. The van der Waals surface area contributed by atoms with Crippen molar-refractivity contribution in [3.63, 3.8) is 0 Å². The van der Waals surface area contributed by atoms with Crippen LogP contribution in [-0.2, 0) is 0 Å². The van der Waals surface area contributed by atoms with Crippen molar-refractivity contribution < 1.29 is 22.7 Å². The molecule has 3 heterocycles. The fourth-order valence-electron chi connectivity index (χ4n) is 3.08. The van der Waals surface area contributed by atoms with Crippen molar-refractivity contribution in [3.8, 4) is 11.5 Å². The predicted octanol–water partition coefficient (Wildman–Crippen LogP) is 3.02. The molecule has 4 rings (SSSR count). The number of rotatable bonds is 3. The summed E-state index contributed by atoms with van der Waals surface area (Å²) in [6.45, 7) is 3.44. The van der Waals surface area contributed by atoms with E-state index < -0.39 is 6.29 Å². The lowest BCUT2D eigenvalue weighted by Crippen LogP contribution is -2.45. The highest BCUT2D eigenvalue weighted by molar-refractivity contribution is 5.85. The van der Waals surface area contributed by atoms with E-state index in [1.54, 1.807) is 18.4 Å². The molecule has 0 spiro atoms. The van der Waals surface area contributed by atoms with Crippen LogP contribution < -0.4 is 14.8 Å². The third-order valence-corrected chi connectivity index (χ3v) is 4.07. The first-order chi connectivity index (χ1) is 11.1. The van der Waals surface area contributed by atoms with Crippen LogP contribution >= 0.6 is 12.4 Å². The van der Waals surface area contributed by atoms with Crippen molar-refractivity contribution in [1.82, 2.24) is 10.2 Å².